The molecule has 0 fully saturated rings. The molecule has 0 saturated carbocycles. The minimum absolute atomic E-state index is 0.0360. The maximum Gasteiger partial charge on any atom is 0.407 e. The maximum absolute atomic E-state index is 11.1. The number of hydrogen-bond donors (Lipinski definition) is 3. The van der Waals surface area contributed by atoms with Gasteiger partial charge in [-0.05, 0) is 19.3 Å². The van der Waals surface area contributed by atoms with Crippen LogP contribution in [0.3, 0.4) is 0 Å². The number of esters is 1. The molecular formula is C12H20N2O6. The monoisotopic (exact) mass is 288 g/mol. The first kappa shape index (κ1) is 17.9. The lowest BCUT2D eigenvalue weighted by atomic mass is 10.1. The van der Waals surface area contributed by atoms with Crippen molar-refractivity contribution in [2.75, 3.05) is 19.8 Å². The van der Waals surface area contributed by atoms with Crippen molar-refractivity contribution in [1.82, 2.24) is 5.32 Å². The van der Waals surface area contributed by atoms with Crippen LogP contribution in [0.1, 0.15) is 19.3 Å². The van der Waals surface area contributed by atoms with Gasteiger partial charge < -0.3 is 25.6 Å². The van der Waals surface area contributed by atoms with E-state index in [1.807, 2.05) is 0 Å². The molecule has 8 nitrogen and oxygen atoms in total. The molecule has 0 aliphatic heterocycles. The summed E-state index contributed by atoms with van der Waals surface area (Å²) in [4.78, 5) is 32.2. The van der Waals surface area contributed by atoms with E-state index in [9.17, 15) is 14.4 Å². The first-order valence-electron chi connectivity index (χ1n) is 6.15. The van der Waals surface area contributed by atoms with Crippen LogP contribution in [0.25, 0.3) is 0 Å². The molecule has 0 bridgehead atoms. The summed E-state index contributed by atoms with van der Waals surface area (Å²) >= 11 is 0. The Bertz CT molecular complexity index is 345. The number of carbonyl (C=O) groups excluding carboxylic acids is 2. The van der Waals surface area contributed by atoms with E-state index in [1.54, 1.807) is 0 Å². The molecule has 0 rings (SSSR count). The standard InChI is InChI=1S/C12H20N2O6/c1-2-10(15)19-7-8-20-12(18)14-6-4-3-5-9(13)11(16)17/h2,9H,1,3-8,13H2,(H,14,18)(H,16,17)/t9-/m0/s1. The molecule has 0 spiro atoms. The highest BCUT2D eigenvalue weighted by atomic mass is 16.6. The summed E-state index contributed by atoms with van der Waals surface area (Å²) in [7, 11) is 0. The molecule has 20 heavy (non-hydrogen) atoms. The quantitative estimate of drug-likeness (QED) is 0.294. The topological polar surface area (TPSA) is 128 Å². The van der Waals surface area contributed by atoms with E-state index in [0.717, 1.165) is 6.08 Å². The number of rotatable bonds is 10. The van der Waals surface area contributed by atoms with E-state index >= 15 is 0 Å². The first-order chi connectivity index (χ1) is 9.47. The number of carboxylic acids is 1. The number of carbonyl (C=O) groups is 3. The van der Waals surface area contributed by atoms with Gasteiger partial charge in [-0.3, -0.25) is 4.79 Å². The van der Waals surface area contributed by atoms with Crippen molar-refractivity contribution < 1.29 is 29.0 Å². The number of carboxylic acid groups (broad SMARTS) is 1. The Morgan fingerprint density at radius 1 is 1.25 bits per heavy atom. The van der Waals surface area contributed by atoms with Crippen LogP contribution >= 0.6 is 0 Å². The van der Waals surface area contributed by atoms with Crippen LogP contribution in [0.5, 0.6) is 0 Å². The van der Waals surface area contributed by atoms with Crippen LogP contribution in [-0.4, -0.2) is 48.9 Å². The third-order valence-corrected chi connectivity index (χ3v) is 2.26. The fraction of sp³-hybridized carbons (Fsp3) is 0.583. The molecule has 1 amide bonds. The normalized spacial score (nSPS) is 11.2. The summed E-state index contributed by atoms with van der Waals surface area (Å²) in [5.74, 6) is -1.62. The SMILES string of the molecule is C=CC(=O)OCCOC(=O)NCCCC[C@H](N)C(=O)O. The fourth-order valence-corrected chi connectivity index (χ4v) is 1.19. The second-order valence-electron chi connectivity index (χ2n) is 3.87. The highest BCUT2D eigenvalue weighted by molar-refractivity contribution is 5.81. The number of amides is 1. The molecule has 0 aromatic heterocycles. The van der Waals surface area contributed by atoms with Gasteiger partial charge in [-0.2, -0.15) is 0 Å². The maximum atomic E-state index is 11.1. The van der Waals surface area contributed by atoms with Gasteiger partial charge in [0.2, 0.25) is 0 Å². The Hall–Kier alpha value is -2.09. The summed E-state index contributed by atoms with van der Waals surface area (Å²) < 4.78 is 9.32. The molecule has 4 N–H and O–H groups in total. The summed E-state index contributed by atoms with van der Waals surface area (Å²) in [6.07, 6.45) is 1.93. The van der Waals surface area contributed by atoms with Crippen molar-refractivity contribution in [2.45, 2.75) is 25.3 Å². The van der Waals surface area contributed by atoms with Gasteiger partial charge in [0, 0.05) is 12.6 Å². The number of alkyl carbamates (subject to hydrolysis) is 1. The van der Waals surface area contributed by atoms with Gasteiger partial charge in [0.25, 0.3) is 0 Å². The van der Waals surface area contributed by atoms with Crippen molar-refractivity contribution in [3.05, 3.63) is 12.7 Å². The Labute approximate surface area is 116 Å². The number of hydrogen-bond acceptors (Lipinski definition) is 6. The van der Waals surface area contributed by atoms with Gasteiger partial charge in [-0.25, -0.2) is 9.59 Å². The predicted octanol–water partition coefficient (Wildman–Crippen LogP) is 0.0240. The second kappa shape index (κ2) is 10.8. The minimum atomic E-state index is -1.04. The van der Waals surface area contributed by atoms with Crippen molar-refractivity contribution >= 4 is 18.0 Å². The van der Waals surface area contributed by atoms with Gasteiger partial charge in [0.05, 0.1) is 0 Å². The highest BCUT2D eigenvalue weighted by Gasteiger charge is 2.10. The average Bonchev–Trinajstić information content (AvgIpc) is 2.42. The predicted molar refractivity (Wildman–Crippen MR) is 70.0 cm³/mol. The Morgan fingerprint density at radius 3 is 2.50 bits per heavy atom. The van der Waals surface area contributed by atoms with E-state index in [4.69, 9.17) is 15.6 Å². The minimum Gasteiger partial charge on any atom is -0.480 e. The van der Waals surface area contributed by atoms with Gasteiger partial charge in [-0.15, -0.1) is 0 Å². The lowest BCUT2D eigenvalue weighted by Gasteiger charge is -2.08. The van der Waals surface area contributed by atoms with E-state index < -0.39 is 24.1 Å². The van der Waals surface area contributed by atoms with Crippen LogP contribution in [0.15, 0.2) is 12.7 Å². The summed E-state index contributed by atoms with van der Waals surface area (Å²) in [6, 6.07) is -0.874. The van der Waals surface area contributed by atoms with Crippen molar-refractivity contribution in [2.24, 2.45) is 5.73 Å². The molecule has 0 saturated heterocycles. The average molecular weight is 288 g/mol. The van der Waals surface area contributed by atoms with Crippen molar-refractivity contribution in [3.8, 4) is 0 Å². The van der Waals surface area contributed by atoms with Gasteiger partial charge in [0.15, 0.2) is 0 Å². The zero-order valence-electron chi connectivity index (χ0n) is 11.2. The molecule has 1 atom stereocenters. The van der Waals surface area contributed by atoms with Crippen LogP contribution in [0.2, 0.25) is 0 Å². The Balaban J connectivity index is 3.43. The fourth-order valence-electron chi connectivity index (χ4n) is 1.19. The van der Waals surface area contributed by atoms with Crippen LogP contribution in [-0.2, 0) is 19.1 Å². The number of nitrogens with one attached hydrogen (secondary N) is 1. The molecule has 0 aromatic carbocycles. The van der Waals surface area contributed by atoms with E-state index in [2.05, 4.69) is 16.6 Å². The van der Waals surface area contributed by atoms with Gasteiger partial charge in [0.1, 0.15) is 19.3 Å². The summed E-state index contributed by atoms with van der Waals surface area (Å²) in [5, 5.41) is 11.0. The Kier molecular flexibility index (Phi) is 9.67. The molecule has 0 heterocycles. The second-order valence-corrected chi connectivity index (χ2v) is 3.87. The molecule has 0 unspecified atom stereocenters. The lowest BCUT2D eigenvalue weighted by Crippen LogP contribution is -2.30. The summed E-state index contributed by atoms with van der Waals surface area (Å²) in [6.45, 7) is 3.49. The molecule has 0 radical (unpaired) electrons. The van der Waals surface area contributed by atoms with E-state index in [0.29, 0.717) is 25.8 Å². The van der Waals surface area contributed by atoms with E-state index in [1.165, 1.54) is 0 Å². The summed E-state index contributed by atoms with van der Waals surface area (Å²) in [5.41, 5.74) is 5.32. The smallest absolute Gasteiger partial charge is 0.407 e. The van der Waals surface area contributed by atoms with Crippen LogP contribution in [0.4, 0.5) is 4.79 Å². The number of ether oxygens (including phenoxy) is 2. The lowest BCUT2D eigenvalue weighted by molar-refractivity contribution is -0.139. The van der Waals surface area contributed by atoms with Crippen molar-refractivity contribution in [3.63, 3.8) is 0 Å². The van der Waals surface area contributed by atoms with Crippen LogP contribution < -0.4 is 11.1 Å². The molecule has 0 aliphatic rings. The third kappa shape index (κ3) is 9.89. The van der Waals surface area contributed by atoms with E-state index in [-0.39, 0.29) is 13.2 Å². The van der Waals surface area contributed by atoms with Gasteiger partial charge in [-0.1, -0.05) is 6.58 Å². The third-order valence-electron chi connectivity index (χ3n) is 2.26. The first-order valence-corrected chi connectivity index (χ1v) is 6.15. The number of nitrogens with two attached hydrogens (primary N) is 1. The zero-order chi connectivity index (χ0) is 15.4. The number of aliphatic carboxylic acids is 1. The van der Waals surface area contributed by atoms with Crippen molar-refractivity contribution in [1.29, 1.82) is 0 Å². The largest absolute Gasteiger partial charge is 0.480 e. The zero-order valence-corrected chi connectivity index (χ0v) is 11.2. The molecule has 114 valence electrons. The number of unbranched alkanes of at least 4 members (excludes halogenated alkanes) is 1. The molecule has 0 aliphatic carbocycles. The molecular weight excluding hydrogens is 268 g/mol. The van der Waals surface area contributed by atoms with Gasteiger partial charge >= 0.3 is 18.0 Å². The molecule has 0 aromatic rings. The molecule has 8 heteroatoms. The highest BCUT2D eigenvalue weighted by Crippen LogP contribution is 1.98. The van der Waals surface area contributed by atoms with Crippen LogP contribution in [0, 0.1) is 0 Å². The Morgan fingerprint density at radius 2 is 1.90 bits per heavy atom.